The zero-order chi connectivity index (χ0) is 21.1. The van der Waals surface area contributed by atoms with E-state index >= 15 is 0 Å². The van der Waals surface area contributed by atoms with E-state index in [9.17, 15) is 9.59 Å². The first-order chi connectivity index (χ1) is 14.5. The van der Waals surface area contributed by atoms with Gasteiger partial charge in [0, 0.05) is 42.4 Å². The van der Waals surface area contributed by atoms with Gasteiger partial charge in [-0.2, -0.15) is 0 Å². The van der Waals surface area contributed by atoms with Gasteiger partial charge < -0.3 is 15.0 Å². The first-order valence-corrected chi connectivity index (χ1v) is 11.0. The number of likely N-dealkylation sites (tertiary alicyclic amines) is 1. The van der Waals surface area contributed by atoms with Gasteiger partial charge in [0.15, 0.2) is 0 Å². The number of hydrogen-bond acceptors (Lipinski definition) is 3. The molecule has 1 aliphatic carbocycles. The SMILES string of the molecule is C[C@@H](NC(=O)c1ccc(OC2CCN(C(=O)C3CC3)CC2)cc1)c1ccc(Cl)cc1. The number of carbonyl (C=O) groups is 2. The van der Waals surface area contributed by atoms with Crippen molar-refractivity contribution in [3.63, 3.8) is 0 Å². The quantitative estimate of drug-likeness (QED) is 0.733. The molecule has 2 fully saturated rings. The third-order valence-electron chi connectivity index (χ3n) is 5.82. The standard InChI is InChI=1S/C24H27ClN2O3/c1-16(17-4-8-20(25)9-5-17)26-23(28)18-6-10-21(11-7-18)30-22-12-14-27(15-13-22)24(29)19-2-3-19/h4-11,16,19,22H,2-3,12-15H2,1H3,(H,26,28)/t16-/m1/s1. The Morgan fingerprint density at radius 2 is 1.63 bits per heavy atom. The Labute approximate surface area is 182 Å². The summed E-state index contributed by atoms with van der Waals surface area (Å²) in [4.78, 5) is 26.7. The van der Waals surface area contributed by atoms with Gasteiger partial charge in [-0.25, -0.2) is 0 Å². The van der Waals surface area contributed by atoms with Crippen LogP contribution in [0.5, 0.6) is 5.75 Å². The molecule has 2 aromatic rings. The number of nitrogens with one attached hydrogen (secondary N) is 1. The van der Waals surface area contributed by atoms with Gasteiger partial charge in [-0.3, -0.25) is 9.59 Å². The molecule has 1 N–H and O–H groups in total. The highest BCUT2D eigenvalue weighted by atomic mass is 35.5. The normalized spacial score (nSPS) is 18.0. The summed E-state index contributed by atoms with van der Waals surface area (Å²) in [5.74, 6) is 1.22. The van der Waals surface area contributed by atoms with Crippen LogP contribution in [0.2, 0.25) is 5.02 Å². The molecule has 5 nitrogen and oxygen atoms in total. The van der Waals surface area contributed by atoms with Gasteiger partial charge in [0.25, 0.3) is 5.91 Å². The molecule has 0 bridgehead atoms. The monoisotopic (exact) mass is 426 g/mol. The molecule has 2 aliphatic rings. The second kappa shape index (κ2) is 9.09. The molecule has 1 atom stereocenters. The van der Waals surface area contributed by atoms with Crippen LogP contribution in [0.25, 0.3) is 0 Å². The summed E-state index contributed by atoms with van der Waals surface area (Å²) in [6.07, 6.45) is 3.90. The van der Waals surface area contributed by atoms with Crippen molar-refractivity contribution in [2.24, 2.45) is 5.92 Å². The van der Waals surface area contributed by atoms with Crippen molar-refractivity contribution in [3.05, 3.63) is 64.7 Å². The van der Waals surface area contributed by atoms with Gasteiger partial charge in [0.05, 0.1) is 6.04 Å². The average molecular weight is 427 g/mol. The first kappa shape index (κ1) is 20.7. The lowest BCUT2D eigenvalue weighted by Crippen LogP contribution is -2.42. The Kier molecular flexibility index (Phi) is 6.28. The maximum Gasteiger partial charge on any atom is 0.251 e. The van der Waals surface area contributed by atoms with Crippen LogP contribution in [0.4, 0.5) is 0 Å². The number of nitrogens with zero attached hydrogens (tertiary/aromatic N) is 1. The Bertz CT molecular complexity index is 886. The number of benzene rings is 2. The van der Waals surface area contributed by atoms with E-state index in [-0.39, 0.29) is 24.0 Å². The fraction of sp³-hybridized carbons (Fsp3) is 0.417. The summed E-state index contributed by atoms with van der Waals surface area (Å²) >= 11 is 5.92. The Hall–Kier alpha value is -2.53. The summed E-state index contributed by atoms with van der Waals surface area (Å²) in [5.41, 5.74) is 1.59. The molecule has 1 saturated carbocycles. The Morgan fingerprint density at radius 3 is 2.23 bits per heavy atom. The zero-order valence-corrected chi connectivity index (χ0v) is 17.9. The molecule has 1 heterocycles. The zero-order valence-electron chi connectivity index (χ0n) is 17.1. The van der Waals surface area contributed by atoms with Crippen molar-refractivity contribution < 1.29 is 14.3 Å². The van der Waals surface area contributed by atoms with Crippen molar-refractivity contribution in [1.29, 1.82) is 0 Å². The van der Waals surface area contributed by atoms with Crippen LogP contribution in [0, 0.1) is 5.92 Å². The van der Waals surface area contributed by atoms with Crippen molar-refractivity contribution in [1.82, 2.24) is 10.2 Å². The third kappa shape index (κ3) is 5.14. The molecule has 6 heteroatoms. The number of ether oxygens (including phenoxy) is 1. The van der Waals surface area contributed by atoms with Crippen LogP contribution in [0.3, 0.4) is 0 Å². The van der Waals surface area contributed by atoms with E-state index in [1.165, 1.54) is 0 Å². The van der Waals surface area contributed by atoms with Crippen LogP contribution in [0.1, 0.15) is 54.6 Å². The molecule has 0 spiro atoms. The number of rotatable bonds is 6. The number of carbonyl (C=O) groups excluding carboxylic acids is 2. The minimum atomic E-state index is -0.129. The average Bonchev–Trinajstić information content (AvgIpc) is 3.60. The van der Waals surface area contributed by atoms with Crippen molar-refractivity contribution >= 4 is 23.4 Å². The highest BCUT2D eigenvalue weighted by Crippen LogP contribution is 2.32. The molecule has 1 saturated heterocycles. The molecule has 158 valence electrons. The summed E-state index contributed by atoms with van der Waals surface area (Å²) in [5, 5.41) is 3.68. The molecule has 1 aliphatic heterocycles. The van der Waals surface area contributed by atoms with E-state index < -0.39 is 0 Å². The van der Waals surface area contributed by atoms with Gasteiger partial charge in [-0.15, -0.1) is 0 Å². The lowest BCUT2D eigenvalue weighted by atomic mass is 10.1. The summed E-state index contributed by atoms with van der Waals surface area (Å²) in [6.45, 7) is 3.48. The van der Waals surface area contributed by atoms with Gasteiger partial charge in [0.2, 0.25) is 5.91 Å². The van der Waals surface area contributed by atoms with Crippen LogP contribution >= 0.6 is 11.6 Å². The van der Waals surface area contributed by atoms with Crippen molar-refractivity contribution in [2.75, 3.05) is 13.1 Å². The maximum absolute atomic E-state index is 12.5. The van der Waals surface area contributed by atoms with E-state index in [4.69, 9.17) is 16.3 Å². The molecule has 0 unspecified atom stereocenters. The number of piperidine rings is 1. The summed E-state index contributed by atoms with van der Waals surface area (Å²) in [6, 6.07) is 14.6. The third-order valence-corrected chi connectivity index (χ3v) is 6.07. The second-order valence-electron chi connectivity index (χ2n) is 8.19. The minimum absolute atomic E-state index is 0.109. The molecule has 0 aromatic heterocycles. The van der Waals surface area contributed by atoms with Crippen molar-refractivity contribution in [2.45, 2.75) is 44.8 Å². The molecule has 30 heavy (non-hydrogen) atoms. The lowest BCUT2D eigenvalue weighted by Gasteiger charge is -2.32. The van der Waals surface area contributed by atoms with Gasteiger partial charge in [-0.05, 0) is 61.7 Å². The molecule has 4 rings (SSSR count). The molecule has 2 aromatic carbocycles. The Morgan fingerprint density at radius 1 is 1.00 bits per heavy atom. The molecular formula is C24H27ClN2O3. The summed E-state index contributed by atoms with van der Waals surface area (Å²) < 4.78 is 6.07. The first-order valence-electron chi connectivity index (χ1n) is 10.6. The van der Waals surface area contributed by atoms with E-state index in [0.717, 1.165) is 50.1 Å². The van der Waals surface area contributed by atoms with Gasteiger partial charge in [-0.1, -0.05) is 23.7 Å². The smallest absolute Gasteiger partial charge is 0.251 e. The predicted octanol–water partition coefficient (Wildman–Crippen LogP) is 4.61. The largest absolute Gasteiger partial charge is 0.490 e. The minimum Gasteiger partial charge on any atom is -0.490 e. The van der Waals surface area contributed by atoms with Crippen LogP contribution in [-0.2, 0) is 4.79 Å². The predicted molar refractivity (Wildman–Crippen MR) is 117 cm³/mol. The number of hydrogen-bond donors (Lipinski definition) is 1. The Balaban J connectivity index is 1.27. The van der Waals surface area contributed by atoms with E-state index in [1.54, 1.807) is 12.1 Å². The highest BCUT2D eigenvalue weighted by Gasteiger charge is 2.35. The molecule has 2 amide bonds. The van der Waals surface area contributed by atoms with Crippen LogP contribution in [-0.4, -0.2) is 35.9 Å². The van der Waals surface area contributed by atoms with Crippen LogP contribution < -0.4 is 10.1 Å². The maximum atomic E-state index is 12.5. The summed E-state index contributed by atoms with van der Waals surface area (Å²) in [7, 11) is 0. The highest BCUT2D eigenvalue weighted by molar-refractivity contribution is 6.30. The second-order valence-corrected chi connectivity index (χ2v) is 8.62. The fourth-order valence-corrected chi connectivity index (χ4v) is 3.90. The van der Waals surface area contributed by atoms with E-state index in [0.29, 0.717) is 16.5 Å². The fourth-order valence-electron chi connectivity index (χ4n) is 3.77. The van der Waals surface area contributed by atoms with Crippen molar-refractivity contribution in [3.8, 4) is 5.75 Å². The van der Waals surface area contributed by atoms with Gasteiger partial charge in [0.1, 0.15) is 11.9 Å². The van der Waals surface area contributed by atoms with E-state index in [1.807, 2.05) is 48.2 Å². The van der Waals surface area contributed by atoms with Crippen LogP contribution in [0.15, 0.2) is 48.5 Å². The number of amides is 2. The lowest BCUT2D eigenvalue weighted by molar-refractivity contribution is -0.134. The molecular weight excluding hydrogens is 400 g/mol. The number of halogens is 1. The van der Waals surface area contributed by atoms with Gasteiger partial charge >= 0.3 is 0 Å². The molecule has 0 radical (unpaired) electrons. The topological polar surface area (TPSA) is 58.6 Å². The van der Waals surface area contributed by atoms with E-state index in [2.05, 4.69) is 5.32 Å².